The molecule has 2 fully saturated rings. The van der Waals surface area contributed by atoms with Gasteiger partial charge in [-0.25, -0.2) is 0 Å². The number of amides is 1. The molecule has 0 aromatic rings. The Morgan fingerprint density at radius 2 is 2.06 bits per heavy atom. The fraction of sp³-hybridized carbons (Fsp3) is 0.846. The van der Waals surface area contributed by atoms with Crippen molar-refractivity contribution in [2.75, 3.05) is 6.54 Å². The van der Waals surface area contributed by atoms with E-state index < -0.39 is 0 Å². The molecule has 2 aliphatic rings. The van der Waals surface area contributed by atoms with Gasteiger partial charge in [-0.05, 0) is 31.6 Å². The lowest BCUT2D eigenvalue weighted by Gasteiger charge is -2.24. The van der Waals surface area contributed by atoms with Gasteiger partial charge in [-0.15, -0.1) is 0 Å². The van der Waals surface area contributed by atoms with Crippen LogP contribution in [0, 0.1) is 17.2 Å². The summed E-state index contributed by atoms with van der Waals surface area (Å²) < 4.78 is 0. The molecular weight excluding hydrogens is 214 g/mol. The SMILES string of the molecule is N#CC1CCCN1C(=O)CC(N)C1CCCC1. The summed E-state index contributed by atoms with van der Waals surface area (Å²) in [7, 11) is 0. The van der Waals surface area contributed by atoms with Crippen LogP contribution >= 0.6 is 0 Å². The molecule has 0 bridgehead atoms. The standard InChI is InChI=1S/C13H21N3O/c14-9-11-6-3-7-16(11)13(17)8-12(15)10-4-1-2-5-10/h10-12H,1-8,15H2. The van der Waals surface area contributed by atoms with Crippen molar-refractivity contribution in [1.82, 2.24) is 4.90 Å². The monoisotopic (exact) mass is 235 g/mol. The van der Waals surface area contributed by atoms with Gasteiger partial charge in [-0.1, -0.05) is 12.8 Å². The van der Waals surface area contributed by atoms with E-state index in [2.05, 4.69) is 6.07 Å². The molecule has 2 rings (SSSR count). The average Bonchev–Trinajstić information content (AvgIpc) is 2.99. The lowest BCUT2D eigenvalue weighted by Crippen LogP contribution is -2.40. The normalized spacial score (nSPS) is 27.1. The molecule has 1 aliphatic heterocycles. The van der Waals surface area contributed by atoms with Crippen molar-refractivity contribution in [3.05, 3.63) is 0 Å². The molecule has 1 amide bonds. The van der Waals surface area contributed by atoms with E-state index in [9.17, 15) is 4.79 Å². The fourth-order valence-electron chi connectivity index (χ4n) is 3.07. The first-order valence-electron chi connectivity index (χ1n) is 6.67. The van der Waals surface area contributed by atoms with Gasteiger partial charge in [0.05, 0.1) is 6.07 Å². The minimum Gasteiger partial charge on any atom is -0.327 e. The van der Waals surface area contributed by atoms with Gasteiger partial charge < -0.3 is 10.6 Å². The van der Waals surface area contributed by atoms with E-state index in [1.165, 1.54) is 12.8 Å². The van der Waals surface area contributed by atoms with Gasteiger partial charge in [0.25, 0.3) is 0 Å². The van der Waals surface area contributed by atoms with Gasteiger partial charge in [0.15, 0.2) is 0 Å². The number of nitrogens with zero attached hydrogens (tertiary/aromatic N) is 2. The highest BCUT2D eigenvalue weighted by Crippen LogP contribution is 2.28. The largest absolute Gasteiger partial charge is 0.327 e. The van der Waals surface area contributed by atoms with E-state index in [0.717, 1.165) is 32.2 Å². The average molecular weight is 235 g/mol. The molecule has 2 atom stereocenters. The molecule has 0 aromatic heterocycles. The molecule has 0 aromatic carbocycles. The Kier molecular flexibility index (Phi) is 4.01. The molecule has 1 saturated carbocycles. The van der Waals surface area contributed by atoms with Crippen molar-refractivity contribution < 1.29 is 4.79 Å². The summed E-state index contributed by atoms with van der Waals surface area (Å²) >= 11 is 0. The first-order valence-corrected chi connectivity index (χ1v) is 6.67. The quantitative estimate of drug-likeness (QED) is 0.804. The van der Waals surface area contributed by atoms with Gasteiger partial charge in [-0.2, -0.15) is 5.26 Å². The Morgan fingerprint density at radius 3 is 2.71 bits per heavy atom. The fourth-order valence-corrected chi connectivity index (χ4v) is 3.07. The third-order valence-electron chi connectivity index (χ3n) is 4.14. The number of likely N-dealkylation sites (tertiary alicyclic amines) is 1. The van der Waals surface area contributed by atoms with Crippen molar-refractivity contribution in [3.8, 4) is 6.07 Å². The third kappa shape index (κ3) is 2.78. The number of nitrogens with two attached hydrogens (primary N) is 1. The topological polar surface area (TPSA) is 70.1 Å². The molecule has 2 N–H and O–H groups in total. The maximum atomic E-state index is 12.1. The Bertz CT molecular complexity index is 317. The van der Waals surface area contributed by atoms with E-state index >= 15 is 0 Å². The van der Waals surface area contributed by atoms with Crippen LogP contribution in [0.1, 0.15) is 44.9 Å². The predicted molar refractivity (Wildman–Crippen MR) is 64.9 cm³/mol. The van der Waals surface area contributed by atoms with E-state index in [0.29, 0.717) is 12.3 Å². The molecule has 1 saturated heterocycles. The molecule has 2 unspecified atom stereocenters. The summed E-state index contributed by atoms with van der Waals surface area (Å²) in [6.45, 7) is 0.731. The number of carbonyl (C=O) groups is 1. The van der Waals surface area contributed by atoms with Gasteiger partial charge in [0, 0.05) is 19.0 Å². The van der Waals surface area contributed by atoms with Gasteiger partial charge in [-0.3, -0.25) is 4.79 Å². The number of nitriles is 1. The maximum Gasteiger partial charge on any atom is 0.225 e. The van der Waals surface area contributed by atoms with Crippen LogP contribution in [0.4, 0.5) is 0 Å². The highest BCUT2D eigenvalue weighted by molar-refractivity contribution is 5.77. The zero-order valence-corrected chi connectivity index (χ0v) is 10.3. The van der Waals surface area contributed by atoms with E-state index in [-0.39, 0.29) is 18.0 Å². The molecule has 17 heavy (non-hydrogen) atoms. The van der Waals surface area contributed by atoms with Crippen molar-refractivity contribution in [3.63, 3.8) is 0 Å². The Labute approximate surface area is 103 Å². The summed E-state index contributed by atoms with van der Waals surface area (Å²) in [5, 5.41) is 8.96. The first-order chi connectivity index (χ1) is 8.22. The van der Waals surface area contributed by atoms with Gasteiger partial charge in [0.1, 0.15) is 6.04 Å². The van der Waals surface area contributed by atoms with Crippen molar-refractivity contribution >= 4 is 5.91 Å². The second-order valence-corrected chi connectivity index (χ2v) is 5.29. The van der Waals surface area contributed by atoms with Crippen LogP contribution in [0.15, 0.2) is 0 Å². The zero-order chi connectivity index (χ0) is 12.3. The van der Waals surface area contributed by atoms with Crippen LogP contribution in [0.2, 0.25) is 0 Å². The van der Waals surface area contributed by atoms with E-state index in [1.807, 2.05) is 0 Å². The molecule has 1 heterocycles. The Morgan fingerprint density at radius 1 is 1.35 bits per heavy atom. The van der Waals surface area contributed by atoms with Crippen LogP contribution in [0.5, 0.6) is 0 Å². The number of hydrogen-bond acceptors (Lipinski definition) is 3. The van der Waals surface area contributed by atoms with E-state index in [1.54, 1.807) is 4.90 Å². The highest BCUT2D eigenvalue weighted by Gasteiger charge is 2.31. The lowest BCUT2D eigenvalue weighted by atomic mass is 9.96. The Balaban J connectivity index is 1.85. The molecule has 1 aliphatic carbocycles. The molecule has 94 valence electrons. The third-order valence-corrected chi connectivity index (χ3v) is 4.14. The lowest BCUT2D eigenvalue weighted by molar-refractivity contribution is -0.131. The van der Waals surface area contributed by atoms with Crippen molar-refractivity contribution in [2.45, 2.75) is 57.0 Å². The summed E-state index contributed by atoms with van der Waals surface area (Å²) in [4.78, 5) is 13.8. The second kappa shape index (κ2) is 5.50. The molecule has 4 nitrogen and oxygen atoms in total. The highest BCUT2D eigenvalue weighted by atomic mass is 16.2. The predicted octanol–water partition coefficient (Wildman–Crippen LogP) is 1.41. The summed E-state index contributed by atoms with van der Waals surface area (Å²) in [6, 6.07) is 1.98. The maximum absolute atomic E-state index is 12.1. The second-order valence-electron chi connectivity index (χ2n) is 5.29. The van der Waals surface area contributed by atoms with E-state index in [4.69, 9.17) is 11.0 Å². The van der Waals surface area contributed by atoms with Crippen LogP contribution < -0.4 is 5.73 Å². The van der Waals surface area contributed by atoms with Crippen molar-refractivity contribution in [2.24, 2.45) is 11.7 Å². The minimum absolute atomic E-state index is 0.00931. The smallest absolute Gasteiger partial charge is 0.225 e. The van der Waals surface area contributed by atoms with Crippen LogP contribution in [0.25, 0.3) is 0 Å². The molecular formula is C13H21N3O. The summed E-state index contributed by atoms with van der Waals surface area (Å²) in [5.41, 5.74) is 6.10. The minimum atomic E-state index is -0.210. The van der Waals surface area contributed by atoms with Gasteiger partial charge >= 0.3 is 0 Å². The number of carbonyl (C=O) groups excluding carboxylic acids is 1. The summed E-state index contributed by atoms with van der Waals surface area (Å²) in [6.07, 6.45) is 7.01. The van der Waals surface area contributed by atoms with Crippen LogP contribution in [-0.2, 0) is 4.79 Å². The van der Waals surface area contributed by atoms with Crippen LogP contribution in [0.3, 0.4) is 0 Å². The van der Waals surface area contributed by atoms with Crippen molar-refractivity contribution in [1.29, 1.82) is 5.26 Å². The molecule has 4 heteroatoms. The van der Waals surface area contributed by atoms with Gasteiger partial charge in [0.2, 0.25) is 5.91 Å². The Hall–Kier alpha value is -1.08. The van der Waals surface area contributed by atoms with Crippen LogP contribution in [-0.4, -0.2) is 29.4 Å². The molecule has 0 radical (unpaired) electrons. The summed E-state index contributed by atoms with van der Waals surface area (Å²) in [5.74, 6) is 0.593. The zero-order valence-electron chi connectivity index (χ0n) is 10.3. The number of hydrogen-bond donors (Lipinski definition) is 1. The first kappa shape index (κ1) is 12.4. The number of rotatable bonds is 3. The molecule has 0 spiro atoms.